The molecule has 148 valence electrons. The molecular weight excluding hydrogens is 358 g/mol. The third-order valence-electron chi connectivity index (χ3n) is 4.81. The van der Waals surface area contributed by atoms with E-state index >= 15 is 0 Å². The summed E-state index contributed by atoms with van der Waals surface area (Å²) in [4.78, 5) is 24.7. The predicted molar refractivity (Wildman–Crippen MR) is 104 cm³/mol. The number of nitrogens with zero attached hydrogens (tertiary/aromatic N) is 4. The molecule has 1 aliphatic rings. The van der Waals surface area contributed by atoms with E-state index in [2.05, 4.69) is 20.8 Å². The molecule has 1 fully saturated rings. The number of hydrogen-bond donors (Lipinski definition) is 1. The van der Waals surface area contributed by atoms with Crippen LogP contribution in [0.4, 0.5) is 0 Å². The summed E-state index contributed by atoms with van der Waals surface area (Å²) in [6.45, 7) is 1.98. The summed E-state index contributed by atoms with van der Waals surface area (Å²) in [5.41, 5.74) is 0.944. The van der Waals surface area contributed by atoms with E-state index in [4.69, 9.17) is 4.74 Å². The molecule has 28 heavy (non-hydrogen) atoms. The van der Waals surface area contributed by atoms with Crippen molar-refractivity contribution in [3.63, 3.8) is 0 Å². The second kappa shape index (κ2) is 9.77. The Balaban J connectivity index is 1.61. The molecule has 0 aliphatic heterocycles. The first-order valence-electron chi connectivity index (χ1n) is 9.59. The fraction of sp³-hybridized carbons (Fsp3) is 0.450. The molecule has 8 nitrogen and oxygen atoms in total. The molecule has 1 heterocycles. The number of aryl methyl sites for hydroxylation is 1. The Labute approximate surface area is 164 Å². The lowest BCUT2D eigenvalue weighted by molar-refractivity contribution is -0.143. The molecule has 1 amide bonds. The van der Waals surface area contributed by atoms with Crippen LogP contribution >= 0.6 is 0 Å². The second-order valence-electron chi connectivity index (χ2n) is 6.96. The van der Waals surface area contributed by atoms with Gasteiger partial charge in [-0.15, -0.1) is 5.10 Å². The van der Waals surface area contributed by atoms with Gasteiger partial charge in [-0.1, -0.05) is 49.6 Å². The first-order chi connectivity index (χ1) is 13.6. The van der Waals surface area contributed by atoms with Crippen LogP contribution in [-0.4, -0.2) is 45.2 Å². The number of carbonyl (C=O) groups is 2. The normalized spacial score (nSPS) is 15.2. The van der Waals surface area contributed by atoms with Crippen molar-refractivity contribution in [2.45, 2.75) is 39.0 Å². The van der Waals surface area contributed by atoms with Gasteiger partial charge >= 0.3 is 5.97 Å². The largest absolute Gasteiger partial charge is 0.451 e. The van der Waals surface area contributed by atoms with Gasteiger partial charge in [0.2, 0.25) is 0 Å². The third kappa shape index (κ3) is 5.48. The summed E-state index contributed by atoms with van der Waals surface area (Å²) in [5.74, 6) is 0.00480. The standard InChI is InChI=1S/C20H25N5O3/c1-15-22-23-24-25(15)18(12-16-8-4-2-5-9-16)20(27)28-14-19(26)21-13-17-10-6-3-7-11-17/h2,4-5,8-9,12,17H,3,6-7,10-11,13-14H2,1H3,(H,21,26)/b18-12-. The van der Waals surface area contributed by atoms with E-state index in [1.165, 1.54) is 23.9 Å². The smallest absolute Gasteiger partial charge is 0.357 e. The Kier molecular flexibility index (Phi) is 6.89. The van der Waals surface area contributed by atoms with E-state index in [1.807, 2.05) is 30.3 Å². The van der Waals surface area contributed by atoms with Gasteiger partial charge in [0.15, 0.2) is 18.1 Å². The summed E-state index contributed by atoms with van der Waals surface area (Å²) in [5, 5.41) is 14.1. The molecular formula is C20H25N5O3. The van der Waals surface area contributed by atoms with Crippen molar-refractivity contribution in [1.82, 2.24) is 25.5 Å². The van der Waals surface area contributed by atoms with Gasteiger partial charge in [-0.25, -0.2) is 4.79 Å². The fourth-order valence-corrected chi connectivity index (χ4v) is 3.27. The van der Waals surface area contributed by atoms with E-state index in [1.54, 1.807) is 13.0 Å². The molecule has 1 saturated carbocycles. The first kappa shape index (κ1) is 19.7. The highest BCUT2D eigenvalue weighted by Gasteiger charge is 2.20. The number of tetrazole rings is 1. The number of ether oxygens (including phenoxy) is 1. The minimum absolute atomic E-state index is 0.147. The lowest BCUT2D eigenvalue weighted by Crippen LogP contribution is -2.33. The molecule has 8 heteroatoms. The number of benzene rings is 1. The molecule has 1 aliphatic carbocycles. The average Bonchev–Trinajstić information content (AvgIpc) is 3.15. The zero-order valence-corrected chi connectivity index (χ0v) is 16.0. The van der Waals surface area contributed by atoms with Crippen molar-refractivity contribution in [2.24, 2.45) is 5.92 Å². The molecule has 1 aromatic carbocycles. The molecule has 0 spiro atoms. The Hall–Kier alpha value is -3.03. The zero-order chi connectivity index (χ0) is 19.8. The first-order valence-corrected chi connectivity index (χ1v) is 9.59. The van der Waals surface area contributed by atoms with Gasteiger partial charge in [0.05, 0.1) is 0 Å². The Morgan fingerprint density at radius 1 is 1.21 bits per heavy atom. The van der Waals surface area contributed by atoms with E-state index < -0.39 is 5.97 Å². The van der Waals surface area contributed by atoms with Crippen LogP contribution in [0.15, 0.2) is 30.3 Å². The van der Waals surface area contributed by atoms with Gasteiger partial charge in [-0.3, -0.25) is 4.79 Å². The van der Waals surface area contributed by atoms with Crippen LogP contribution in [0.1, 0.15) is 43.5 Å². The molecule has 3 rings (SSSR count). The number of hydrogen-bond acceptors (Lipinski definition) is 6. The minimum Gasteiger partial charge on any atom is -0.451 e. The van der Waals surface area contributed by atoms with Gasteiger partial charge in [0, 0.05) is 6.54 Å². The van der Waals surface area contributed by atoms with Crippen molar-refractivity contribution < 1.29 is 14.3 Å². The van der Waals surface area contributed by atoms with Gasteiger partial charge < -0.3 is 10.1 Å². The number of rotatable bonds is 7. The van der Waals surface area contributed by atoms with Crippen molar-refractivity contribution >= 4 is 23.6 Å². The maximum absolute atomic E-state index is 12.6. The molecule has 0 unspecified atom stereocenters. The quantitative estimate of drug-likeness (QED) is 0.581. The van der Waals surface area contributed by atoms with Gasteiger partial charge in [0.25, 0.3) is 5.91 Å². The number of amides is 1. The highest BCUT2D eigenvalue weighted by atomic mass is 16.5. The van der Waals surface area contributed by atoms with Crippen LogP contribution in [0.2, 0.25) is 0 Å². The Morgan fingerprint density at radius 3 is 2.64 bits per heavy atom. The maximum atomic E-state index is 12.6. The lowest BCUT2D eigenvalue weighted by Gasteiger charge is -2.21. The fourth-order valence-electron chi connectivity index (χ4n) is 3.27. The number of aromatic nitrogens is 4. The Morgan fingerprint density at radius 2 is 1.96 bits per heavy atom. The topological polar surface area (TPSA) is 99.0 Å². The summed E-state index contributed by atoms with van der Waals surface area (Å²) in [7, 11) is 0. The zero-order valence-electron chi connectivity index (χ0n) is 16.0. The van der Waals surface area contributed by atoms with E-state index in [0.29, 0.717) is 18.3 Å². The highest BCUT2D eigenvalue weighted by Crippen LogP contribution is 2.22. The van der Waals surface area contributed by atoms with Gasteiger partial charge in [-0.2, -0.15) is 4.68 Å². The third-order valence-corrected chi connectivity index (χ3v) is 4.81. The number of carbonyl (C=O) groups excluding carboxylic acids is 2. The minimum atomic E-state index is -0.660. The summed E-state index contributed by atoms with van der Waals surface area (Å²) in [6.07, 6.45) is 7.62. The molecule has 0 radical (unpaired) electrons. The predicted octanol–water partition coefficient (Wildman–Crippen LogP) is 2.22. The molecule has 1 aromatic heterocycles. The van der Waals surface area contributed by atoms with E-state index in [9.17, 15) is 9.59 Å². The average molecular weight is 383 g/mol. The van der Waals surface area contributed by atoms with Crippen molar-refractivity contribution in [1.29, 1.82) is 0 Å². The maximum Gasteiger partial charge on any atom is 0.357 e. The number of nitrogens with one attached hydrogen (secondary N) is 1. The van der Waals surface area contributed by atoms with Crippen LogP contribution < -0.4 is 5.32 Å². The van der Waals surface area contributed by atoms with Crippen molar-refractivity contribution in [2.75, 3.05) is 13.2 Å². The van der Waals surface area contributed by atoms with Crippen molar-refractivity contribution in [3.8, 4) is 0 Å². The number of esters is 1. The molecule has 0 saturated heterocycles. The summed E-state index contributed by atoms with van der Waals surface area (Å²) < 4.78 is 6.52. The molecule has 0 bridgehead atoms. The molecule has 0 atom stereocenters. The van der Waals surface area contributed by atoms with Crippen LogP contribution in [0, 0.1) is 12.8 Å². The second-order valence-corrected chi connectivity index (χ2v) is 6.96. The van der Waals surface area contributed by atoms with E-state index in [-0.39, 0.29) is 18.2 Å². The van der Waals surface area contributed by atoms with Crippen LogP contribution in [0.25, 0.3) is 11.8 Å². The monoisotopic (exact) mass is 383 g/mol. The highest BCUT2D eigenvalue weighted by molar-refractivity contribution is 6.15. The van der Waals surface area contributed by atoms with Crippen LogP contribution in [-0.2, 0) is 14.3 Å². The van der Waals surface area contributed by atoms with Crippen LogP contribution in [0.5, 0.6) is 0 Å². The van der Waals surface area contributed by atoms with Gasteiger partial charge in [0.1, 0.15) is 0 Å². The molecule has 2 aromatic rings. The lowest BCUT2D eigenvalue weighted by atomic mass is 9.89. The van der Waals surface area contributed by atoms with Gasteiger partial charge in [-0.05, 0) is 47.7 Å². The SMILES string of the molecule is Cc1nnnn1/C(=C\c1ccccc1)C(=O)OCC(=O)NCC1CCCCC1. The summed E-state index contributed by atoms with van der Waals surface area (Å²) in [6, 6.07) is 9.31. The summed E-state index contributed by atoms with van der Waals surface area (Å²) >= 11 is 0. The van der Waals surface area contributed by atoms with Crippen LogP contribution in [0.3, 0.4) is 0 Å². The molecule has 1 N–H and O–H groups in total. The van der Waals surface area contributed by atoms with E-state index in [0.717, 1.165) is 18.4 Å². The Bertz CT molecular complexity index is 825. The van der Waals surface area contributed by atoms with Crippen molar-refractivity contribution in [3.05, 3.63) is 41.7 Å².